The summed E-state index contributed by atoms with van der Waals surface area (Å²) in [6.45, 7) is 3.56. The van der Waals surface area contributed by atoms with Crippen LogP contribution in [-0.4, -0.2) is 32.1 Å². The molecule has 2 N–H and O–H groups in total. The molecular weight excluding hydrogens is 248 g/mol. The van der Waals surface area contributed by atoms with Crippen molar-refractivity contribution in [3.8, 4) is 11.3 Å². The predicted molar refractivity (Wildman–Crippen MR) is 68.9 cm³/mol. The van der Waals surface area contributed by atoms with Gasteiger partial charge >= 0.3 is 7.12 Å². The van der Waals surface area contributed by atoms with E-state index in [4.69, 9.17) is 10.0 Å². The van der Waals surface area contributed by atoms with E-state index in [1.165, 1.54) is 18.5 Å². The third-order valence-corrected chi connectivity index (χ3v) is 2.45. The molecule has 0 aliphatic rings. The Labute approximate surface area is 109 Å². The van der Waals surface area contributed by atoms with Gasteiger partial charge in [-0.05, 0) is 12.1 Å². The summed E-state index contributed by atoms with van der Waals surface area (Å²) in [5, 5.41) is 18.0. The molecule has 0 aliphatic heterocycles. The molecule has 0 saturated heterocycles. The zero-order valence-corrected chi connectivity index (χ0v) is 9.99. The van der Waals surface area contributed by atoms with Gasteiger partial charge in [-0.2, -0.15) is 4.39 Å². The minimum absolute atomic E-state index is 0.0490. The number of aromatic nitrogens is 3. The van der Waals surface area contributed by atoms with Gasteiger partial charge < -0.3 is 10.0 Å². The molecule has 2 aromatic heterocycles. The third-order valence-electron chi connectivity index (χ3n) is 2.45. The van der Waals surface area contributed by atoms with E-state index in [1.54, 1.807) is 12.1 Å². The van der Waals surface area contributed by atoms with Gasteiger partial charge in [0.2, 0.25) is 5.95 Å². The smallest absolute Gasteiger partial charge is 0.422 e. The van der Waals surface area contributed by atoms with Gasteiger partial charge in [0, 0.05) is 18.3 Å². The summed E-state index contributed by atoms with van der Waals surface area (Å²) in [5.74, 6) is -0.682. The number of allylic oxidation sites excluding steroid dienone is 1. The standard InChI is InChI=1S/C12H11BFN3O2/c1-2-3-8-4-5-9(12(14)16-8)10-6-15-7-11(17-10)13(18)19/h2,4-7,18-19H,1,3H2. The monoisotopic (exact) mass is 259 g/mol. The van der Waals surface area contributed by atoms with Crippen molar-refractivity contribution in [3.05, 3.63) is 48.8 Å². The van der Waals surface area contributed by atoms with Crippen LogP contribution in [0, 0.1) is 5.95 Å². The van der Waals surface area contributed by atoms with E-state index in [0.29, 0.717) is 12.1 Å². The molecule has 0 bridgehead atoms. The molecule has 0 aliphatic carbocycles. The summed E-state index contributed by atoms with van der Waals surface area (Å²) >= 11 is 0. The van der Waals surface area contributed by atoms with Gasteiger partial charge in [-0.15, -0.1) is 6.58 Å². The minimum Gasteiger partial charge on any atom is -0.422 e. The van der Waals surface area contributed by atoms with Crippen LogP contribution in [0.25, 0.3) is 11.3 Å². The summed E-state index contributed by atoms with van der Waals surface area (Å²) in [6.07, 6.45) is 4.63. The molecule has 0 radical (unpaired) electrons. The summed E-state index contributed by atoms with van der Waals surface area (Å²) in [5.41, 5.74) is 0.859. The topological polar surface area (TPSA) is 79.1 Å². The van der Waals surface area contributed by atoms with E-state index in [-0.39, 0.29) is 16.9 Å². The molecule has 0 unspecified atom stereocenters. The van der Waals surface area contributed by atoms with Gasteiger partial charge in [0.15, 0.2) is 0 Å². The number of rotatable bonds is 4. The lowest BCUT2D eigenvalue weighted by Gasteiger charge is -2.05. The lowest BCUT2D eigenvalue weighted by atomic mass is 9.87. The number of pyridine rings is 1. The fourth-order valence-corrected chi connectivity index (χ4v) is 1.56. The molecule has 0 atom stereocenters. The van der Waals surface area contributed by atoms with Gasteiger partial charge in [-0.25, -0.2) is 4.98 Å². The minimum atomic E-state index is -1.75. The average molecular weight is 259 g/mol. The highest BCUT2D eigenvalue weighted by Crippen LogP contribution is 2.18. The fraction of sp³-hybridized carbons (Fsp3) is 0.0833. The van der Waals surface area contributed by atoms with Crippen molar-refractivity contribution in [2.45, 2.75) is 6.42 Å². The molecule has 7 heteroatoms. The van der Waals surface area contributed by atoms with E-state index in [9.17, 15) is 4.39 Å². The maximum Gasteiger partial charge on any atom is 0.509 e. The second kappa shape index (κ2) is 5.68. The SMILES string of the molecule is C=CCc1ccc(-c2cncc(B(O)O)n2)c(F)n1. The van der Waals surface area contributed by atoms with E-state index in [0.717, 1.165) is 0 Å². The van der Waals surface area contributed by atoms with Crippen LogP contribution in [0.5, 0.6) is 0 Å². The Morgan fingerprint density at radius 1 is 1.26 bits per heavy atom. The highest BCUT2D eigenvalue weighted by atomic mass is 19.1. The van der Waals surface area contributed by atoms with E-state index in [1.807, 2.05) is 0 Å². The number of hydrogen-bond donors (Lipinski definition) is 2. The second-order valence-corrected chi connectivity index (χ2v) is 3.84. The molecule has 2 rings (SSSR count). The van der Waals surface area contributed by atoms with Crippen LogP contribution >= 0.6 is 0 Å². The Kier molecular flexibility index (Phi) is 3.98. The quantitative estimate of drug-likeness (QED) is 0.462. The van der Waals surface area contributed by atoms with Crippen LogP contribution in [-0.2, 0) is 6.42 Å². The number of nitrogens with zero attached hydrogens (tertiary/aromatic N) is 3. The van der Waals surface area contributed by atoms with Crippen LogP contribution in [0.1, 0.15) is 5.69 Å². The van der Waals surface area contributed by atoms with Crippen LogP contribution < -0.4 is 5.59 Å². The van der Waals surface area contributed by atoms with Crippen molar-refractivity contribution in [1.82, 2.24) is 15.0 Å². The first-order valence-electron chi connectivity index (χ1n) is 5.56. The summed E-state index contributed by atoms with van der Waals surface area (Å²) < 4.78 is 13.9. The lowest BCUT2D eigenvalue weighted by Crippen LogP contribution is -2.33. The maximum absolute atomic E-state index is 13.9. The van der Waals surface area contributed by atoms with Gasteiger partial charge in [0.05, 0.1) is 23.0 Å². The number of hydrogen-bond acceptors (Lipinski definition) is 5. The van der Waals surface area contributed by atoms with E-state index >= 15 is 0 Å². The Balaban J connectivity index is 2.41. The van der Waals surface area contributed by atoms with Gasteiger partial charge in [-0.1, -0.05) is 6.08 Å². The first-order chi connectivity index (χ1) is 9.11. The highest BCUT2D eigenvalue weighted by Gasteiger charge is 2.16. The first kappa shape index (κ1) is 13.3. The normalized spacial score (nSPS) is 10.3. The third kappa shape index (κ3) is 3.01. The Hall–Kier alpha value is -2.12. The zero-order valence-electron chi connectivity index (χ0n) is 9.99. The Morgan fingerprint density at radius 3 is 2.68 bits per heavy atom. The average Bonchev–Trinajstić information content (AvgIpc) is 2.39. The van der Waals surface area contributed by atoms with Crippen molar-refractivity contribution in [2.75, 3.05) is 0 Å². The lowest BCUT2D eigenvalue weighted by molar-refractivity contribution is 0.424. The zero-order chi connectivity index (χ0) is 13.8. The van der Waals surface area contributed by atoms with Crippen molar-refractivity contribution in [2.24, 2.45) is 0 Å². The molecule has 2 heterocycles. The van der Waals surface area contributed by atoms with Gasteiger partial charge in [-0.3, -0.25) is 9.97 Å². The molecule has 0 saturated carbocycles. The molecule has 0 aromatic carbocycles. The van der Waals surface area contributed by atoms with Crippen molar-refractivity contribution in [3.63, 3.8) is 0 Å². The molecule has 0 fully saturated rings. The second-order valence-electron chi connectivity index (χ2n) is 3.84. The molecule has 0 spiro atoms. The Morgan fingerprint density at radius 2 is 2.05 bits per heavy atom. The highest BCUT2D eigenvalue weighted by molar-refractivity contribution is 6.57. The van der Waals surface area contributed by atoms with Crippen LogP contribution in [0.15, 0.2) is 37.2 Å². The molecule has 96 valence electrons. The van der Waals surface area contributed by atoms with Crippen molar-refractivity contribution >= 4 is 12.7 Å². The largest absolute Gasteiger partial charge is 0.509 e. The van der Waals surface area contributed by atoms with Crippen LogP contribution in [0.3, 0.4) is 0 Å². The summed E-state index contributed by atoms with van der Waals surface area (Å²) in [6, 6.07) is 3.18. The molecule has 0 amide bonds. The fourth-order valence-electron chi connectivity index (χ4n) is 1.56. The molecule has 5 nitrogen and oxygen atoms in total. The van der Waals surface area contributed by atoms with E-state index in [2.05, 4.69) is 21.5 Å². The van der Waals surface area contributed by atoms with Gasteiger partial charge in [0.1, 0.15) is 0 Å². The van der Waals surface area contributed by atoms with Crippen LogP contribution in [0.2, 0.25) is 0 Å². The molecule has 19 heavy (non-hydrogen) atoms. The Bertz CT molecular complexity index is 607. The predicted octanol–water partition coefficient (Wildman–Crippen LogP) is 0.0860. The van der Waals surface area contributed by atoms with Crippen LogP contribution in [0.4, 0.5) is 4.39 Å². The van der Waals surface area contributed by atoms with E-state index < -0.39 is 13.1 Å². The van der Waals surface area contributed by atoms with Gasteiger partial charge in [0.25, 0.3) is 0 Å². The number of halogens is 1. The van der Waals surface area contributed by atoms with Crippen molar-refractivity contribution in [1.29, 1.82) is 0 Å². The molecule has 2 aromatic rings. The van der Waals surface area contributed by atoms with Crippen molar-refractivity contribution < 1.29 is 14.4 Å². The summed E-state index contributed by atoms with van der Waals surface area (Å²) in [7, 11) is -1.75. The molecular formula is C12H11BFN3O2. The first-order valence-corrected chi connectivity index (χ1v) is 5.56. The summed E-state index contributed by atoms with van der Waals surface area (Å²) in [4.78, 5) is 11.5. The maximum atomic E-state index is 13.9.